The molecule has 1 saturated heterocycles. The van der Waals surface area contributed by atoms with Gasteiger partial charge >= 0.3 is 0 Å². The molecule has 2 aromatic rings. The summed E-state index contributed by atoms with van der Waals surface area (Å²) in [7, 11) is 0. The molecule has 0 radical (unpaired) electrons. The monoisotopic (exact) mass is 344 g/mol. The van der Waals surface area contributed by atoms with E-state index < -0.39 is 0 Å². The molecule has 3 rings (SSSR count). The predicted molar refractivity (Wildman–Crippen MR) is 97.5 cm³/mol. The summed E-state index contributed by atoms with van der Waals surface area (Å²) in [6, 6.07) is 8.96. The zero-order valence-corrected chi connectivity index (χ0v) is 15.3. The van der Waals surface area contributed by atoms with Gasteiger partial charge in [0.05, 0.1) is 12.1 Å². The van der Waals surface area contributed by atoms with E-state index >= 15 is 0 Å². The van der Waals surface area contributed by atoms with Crippen LogP contribution >= 0.6 is 0 Å². The van der Waals surface area contributed by atoms with Crippen LogP contribution in [0.2, 0.25) is 0 Å². The molecule has 0 amide bonds. The molecule has 2 heterocycles. The molecule has 6 heteroatoms. The fourth-order valence-corrected chi connectivity index (χ4v) is 3.33. The largest absolute Gasteiger partial charge is 0.393 e. The molecule has 2 N–H and O–H groups in total. The van der Waals surface area contributed by atoms with Crippen molar-refractivity contribution in [2.45, 2.75) is 58.2 Å². The molecule has 2 atom stereocenters. The third kappa shape index (κ3) is 4.38. The van der Waals surface area contributed by atoms with E-state index in [1.807, 2.05) is 6.92 Å². The van der Waals surface area contributed by atoms with Crippen LogP contribution in [0, 0.1) is 6.92 Å². The Balaban J connectivity index is 1.63. The normalized spacial score (nSPS) is 18.3. The van der Waals surface area contributed by atoms with Crippen molar-refractivity contribution in [3.63, 3.8) is 0 Å². The Morgan fingerprint density at radius 1 is 1.28 bits per heavy atom. The van der Waals surface area contributed by atoms with Gasteiger partial charge < -0.3 is 19.8 Å². The van der Waals surface area contributed by atoms with E-state index in [-0.39, 0.29) is 18.2 Å². The quantitative estimate of drug-likeness (QED) is 0.838. The lowest BCUT2D eigenvalue weighted by Gasteiger charge is -2.31. The van der Waals surface area contributed by atoms with Crippen LogP contribution in [-0.2, 0) is 0 Å². The third-order valence-electron chi connectivity index (χ3n) is 4.94. The van der Waals surface area contributed by atoms with Crippen molar-refractivity contribution in [3.05, 3.63) is 41.5 Å². The van der Waals surface area contributed by atoms with E-state index in [0.717, 1.165) is 38.2 Å². The van der Waals surface area contributed by atoms with Gasteiger partial charge in [0.1, 0.15) is 0 Å². The summed E-state index contributed by atoms with van der Waals surface area (Å²) in [6.45, 7) is 7.92. The second kappa shape index (κ2) is 7.97. The maximum Gasteiger partial charge on any atom is 0.223 e. The van der Waals surface area contributed by atoms with Crippen LogP contribution in [0.5, 0.6) is 0 Å². The van der Waals surface area contributed by atoms with Gasteiger partial charge in [-0.1, -0.05) is 24.2 Å². The first-order chi connectivity index (χ1) is 12.1. The van der Waals surface area contributed by atoms with Gasteiger partial charge in [-0.2, -0.15) is 4.98 Å². The molecule has 0 saturated carbocycles. The number of aliphatic hydroxyl groups excluding tert-OH is 1. The Labute approximate surface area is 149 Å². The number of aromatic nitrogens is 2. The number of piperidine rings is 1. The Kier molecular flexibility index (Phi) is 5.71. The number of rotatable bonds is 6. The zero-order chi connectivity index (χ0) is 17.8. The van der Waals surface area contributed by atoms with Gasteiger partial charge in [-0.05, 0) is 43.9 Å². The van der Waals surface area contributed by atoms with Gasteiger partial charge in [0.2, 0.25) is 5.89 Å². The highest BCUT2D eigenvalue weighted by molar-refractivity contribution is 5.48. The Morgan fingerprint density at radius 2 is 1.96 bits per heavy atom. The Bertz CT molecular complexity index is 662. The van der Waals surface area contributed by atoms with Crippen LogP contribution in [0.25, 0.3) is 0 Å². The molecule has 25 heavy (non-hydrogen) atoms. The first-order valence-corrected chi connectivity index (χ1v) is 9.16. The summed E-state index contributed by atoms with van der Waals surface area (Å²) in [6.07, 6.45) is 2.46. The summed E-state index contributed by atoms with van der Waals surface area (Å²) in [5, 5.41) is 17.3. The molecule has 1 aromatic carbocycles. The van der Waals surface area contributed by atoms with Gasteiger partial charge in [-0.3, -0.25) is 0 Å². The highest BCUT2D eigenvalue weighted by Crippen LogP contribution is 2.24. The molecule has 0 bridgehead atoms. The van der Waals surface area contributed by atoms with Crippen LogP contribution < -0.4 is 10.2 Å². The number of benzene rings is 1. The fraction of sp³-hybridized carbons (Fsp3) is 0.579. The topological polar surface area (TPSA) is 74.4 Å². The van der Waals surface area contributed by atoms with Crippen LogP contribution in [0.3, 0.4) is 0 Å². The summed E-state index contributed by atoms with van der Waals surface area (Å²) >= 11 is 0. The van der Waals surface area contributed by atoms with Crippen molar-refractivity contribution >= 4 is 5.69 Å². The summed E-state index contributed by atoms with van der Waals surface area (Å²) in [5.74, 6) is 1.31. The predicted octanol–water partition coefficient (Wildman–Crippen LogP) is 3.14. The SMILES string of the molecule is CCC(NC(C)c1ccc(N2CCC(O)CC2)cc1)c1noc(C)n1. The molecule has 2 unspecified atom stereocenters. The highest BCUT2D eigenvalue weighted by atomic mass is 16.5. The highest BCUT2D eigenvalue weighted by Gasteiger charge is 2.20. The van der Waals surface area contributed by atoms with E-state index in [2.05, 4.69) is 58.5 Å². The smallest absolute Gasteiger partial charge is 0.223 e. The minimum Gasteiger partial charge on any atom is -0.393 e. The van der Waals surface area contributed by atoms with Crippen molar-refractivity contribution in [3.8, 4) is 0 Å². The van der Waals surface area contributed by atoms with E-state index in [9.17, 15) is 5.11 Å². The average Bonchev–Trinajstić information content (AvgIpc) is 3.06. The fourth-order valence-electron chi connectivity index (χ4n) is 3.33. The molecular weight excluding hydrogens is 316 g/mol. The maximum absolute atomic E-state index is 9.64. The molecule has 1 aliphatic heterocycles. The molecule has 1 aliphatic rings. The Morgan fingerprint density at radius 3 is 2.52 bits per heavy atom. The van der Waals surface area contributed by atoms with Crippen molar-refractivity contribution in [1.29, 1.82) is 0 Å². The number of aryl methyl sites for hydroxylation is 1. The lowest BCUT2D eigenvalue weighted by molar-refractivity contribution is 0.145. The number of nitrogens with one attached hydrogen (secondary N) is 1. The standard InChI is InChI=1S/C19H28N4O2/c1-4-18(19-21-14(3)25-22-19)20-13(2)15-5-7-16(8-6-15)23-11-9-17(24)10-12-23/h5-8,13,17-18,20,24H,4,9-12H2,1-3H3. The van der Waals surface area contributed by atoms with Crippen molar-refractivity contribution in [1.82, 2.24) is 15.5 Å². The first kappa shape index (κ1) is 17.9. The molecular formula is C19H28N4O2. The molecule has 6 nitrogen and oxygen atoms in total. The second-order valence-corrected chi connectivity index (χ2v) is 6.83. The van der Waals surface area contributed by atoms with Crippen LogP contribution in [0.1, 0.15) is 62.5 Å². The Hall–Kier alpha value is -1.92. The van der Waals surface area contributed by atoms with Gasteiger partial charge in [0, 0.05) is 31.7 Å². The summed E-state index contributed by atoms with van der Waals surface area (Å²) in [5.41, 5.74) is 2.46. The van der Waals surface area contributed by atoms with Crippen molar-refractivity contribution in [2.24, 2.45) is 0 Å². The van der Waals surface area contributed by atoms with Gasteiger partial charge in [-0.15, -0.1) is 0 Å². The number of hydrogen-bond donors (Lipinski definition) is 2. The number of aliphatic hydroxyl groups is 1. The van der Waals surface area contributed by atoms with Gasteiger partial charge in [-0.25, -0.2) is 0 Å². The molecule has 0 spiro atoms. The molecule has 136 valence electrons. The molecule has 1 aromatic heterocycles. The van der Waals surface area contributed by atoms with Crippen LogP contribution in [0.4, 0.5) is 5.69 Å². The number of nitrogens with zero attached hydrogens (tertiary/aromatic N) is 3. The van der Waals surface area contributed by atoms with E-state index in [1.54, 1.807) is 0 Å². The third-order valence-corrected chi connectivity index (χ3v) is 4.94. The van der Waals surface area contributed by atoms with Gasteiger partial charge in [0.25, 0.3) is 0 Å². The molecule has 1 fully saturated rings. The van der Waals surface area contributed by atoms with Crippen molar-refractivity contribution < 1.29 is 9.63 Å². The second-order valence-electron chi connectivity index (χ2n) is 6.83. The maximum atomic E-state index is 9.64. The number of anilines is 1. The van der Waals surface area contributed by atoms with Gasteiger partial charge in [0.15, 0.2) is 5.82 Å². The van der Waals surface area contributed by atoms with Crippen molar-refractivity contribution in [2.75, 3.05) is 18.0 Å². The van der Waals surface area contributed by atoms with Crippen LogP contribution in [0.15, 0.2) is 28.8 Å². The molecule has 0 aliphatic carbocycles. The average molecular weight is 344 g/mol. The summed E-state index contributed by atoms with van der Waals surface area (Å²) in [4.78, 5) is 6.68. The minimum absolute atomic E-state index is 0.0794. The summed E-state index contributed by atoms with van der Waals surface area (Å²) < 4.78 is 5.10. The van der Waals surface area contributed by atoms with E-state index in [1.165, 1.54) is 11.3 Å². The number of hydrogen-bond acceptors (Lipinski definition) is 6. The minimum atomic E-state index is -0.139. The zero-order valence-electron chi connectivity index (χ0n) is 15.3. The van der Waals surface area contributed by atoms with Crippen LogP contribution in [-0.4, -0.2) is 34.4 Å². The lowest BCUT2D eigenvalue weighted by Crippen LogP contribution is -2.35. The first-order valence-electron chi connectivity index (χ1n) is 9.16. The van der Waals surface area contributed by atoms with E-state index in [4.69, 9.17) is 4.52 Å². The van der Waals surface area contributed by atoms with E-state index in [0.29, 0.717) is 5.89 Å². The lowest BCUT2D eigenvalue weighted by atomic mass is 10.0.